The van der Waals surface area contributed by atoms with Crippen molar-refractivity contribution < 1.29 is 46.6 Å². The number of fused-ring (bicyclic) bond motifs is 1. The van der Waals surface area contributed by atoms with E-state index >= 15 is 4.39 Å². The molecule has 0 saturated carbocycles. The molecule has 3 N–H and O–H groups in total. The molecule has 2 atom stereocenters. The van der Waals surface area contributed by atoms with Crippen LogP contribution in [0.2, 0.25) is 5.02 Å². The Labute approximate surface area is 312 Å². The molecule has 1 fully saturated rings. The van der Waals surface area contributed by atoms with E-state index in [0.29, 0.717) is 16.1 Å². The van der Waals surface area contributed by atoms with Gasteiger partial charge in [-0.1, -0.05) is 54.1 Å². The van der Waals surface area contributed by atoms with Crippen molar-refractivity contribution >= 4 is 59.0 Å². The number of alkyl halides is 2. The first kappa shape index (κ1) is 39.3. The highest BCUT2D eigenvalue weighted by Crippen LogP contribution is 2.38. The number of thioether (sulfide) groups is 1. The summed E-state index contributed by atoms with van der Waals surface area (Å²) in [6, 6.07) is 16.3. The number of alkyl carbamates (subject to hydrolysis) is 1. The Morgan fingerprint density at radius 1 is 1.00 bits per heavy atom. The molecule has 12 nitrogen and oxygen atoms in total. The van der Waals surface area contributed by atoms with Crippen molar-refractivity contribution in [2.24, 2.45) is 5.92 Å². The SMILES string of the molecule is CC(C)(C)OC(=O)N[C@H]1CSc2cc(F)c(C(=O)NNC(=O)C3CN(C(=O)OCc4ccccc4)CC(F)(F)C3)cc2N(Cc2ccc(Cl)cc2)C1=O. The minimum atomic E-state index is -3.44. The van der Waals surface area contributed by atoms with Crippen LogP contribution < -0.4 is 21.1 Å². The zero-order chi connectivity index (χ0) is 38.5. The summed E-state index contributed by atoms with van der Waals surface area (Å²) in [4.78, 5) is 67.8. The van der Waals surface area contributed by atoms with Crippen molar-refractivity contribution in [1.29, 1.82) is 0 Å². The van der Waals surface area contributed by atoms with Crippen molar-refractivity contribution in [2.75, 3.05) is 23.7 Å². The van der Waals surface area contributed by atoms with Crippen molar-refractivity contribution in [1.82, 2.24) is 21.1 Å². The molecule has 53 heavy (non-hydrogen) atoms. The second-order valence-electron chi connectivity index (χ2n) is 13.5. The molecule has 17 heteroatoms. The van der Waals surface area contributed by atoms with E-state index in [1.165, 1.54) is 4.90 Å². The Morgan fingerprint density at radius 3 is 2.38 bits per heavy atom. The van der Waals surface area contributed by atoms with E-state index in [1.807, 2.05) is 0 Å². The number of carbonyl (C=O) groups excluding carboxylic acids is 5. The number of hydrogen-bond acceptors (Lipinski definition) is 8. The van der Waals surface area contributed by atoms with Gasteiger partial charge in [0.05, 0.1) is 30.3 Å². The lowest BCUT2D eigenvalue weighted by Crippen LogP contribution is -2.55. The largest absolute Gasteiger partial charge is 0.445 e. The fourth-order valence-corrected chi connectivity index (χ4v) is 6.80. The second-order valence-corrected chi connectivity index (χ2v) is 15.0. The fourth-order valence-electron chi connectivity index (χ4n) is 5.60. The van der Waals surface area contributed by atoms with Gasteiger partial charge in [0.15, 0.2) is 0 Å². The number of piperidine rings is 1. The van der Waals surface area contributed by atoms with E-state index in [0.717, 1.165) is 28.8 Å². The van der Waals surface area contributed by atoms with Gasteiger partial charge in [0, 0.05) is 28.6 Å². The van der Waals surface area contributed by atoms with Gasteiger partial charge < -0.3 is 24.6 Å². The van der Waals surface area contributed by atoms with E-state index in [9.17, 15) is 32.8 Å². The van der Waals surface area contributed by atoms with Gasteiger partial charge in [0.25, 0.3) is 17.7 Å². The zero-order valence-electron chi connectivity index (χ0n) is 28.9. The fraction of sp³-hybridized carbons (Fsp3) is 0.361. The molecule has 2 aliphatic rings. The zero-order valence-corrected chi connectivity index (χ0v) is 30.5. The maximum absolute atomic E-state index is 15.5. The number of anilines is 1. The van der Waals surface area contributed by atoms with Gasteiger partial charge in [0.1, 0.15) is 24.1 Å². The number of likely N-dealkylation sites (tertiary alicyclic amines) is 1. The van der Waals surface area contributed by atoms with Crippen LogP contribution in [0, 0.1) is 11.7 Å². The predicted octanol–water partition coefficient (Wildman–Crippen LogP) is 6.07. The molecule has 0 bridgehead atoms. The Bertz CT molecular complexity index is 1860. The number of rotatable bonds is 7. The lowest BCUT2D eigenvalue weighted by Gasteiger charge is -2.36. The number of nitrogens with zero attached hydrogens (tertiary/aromatic N) is 2. The van der Waals surface area contributed by atoms with Gasteiger partial charge in [0.2, 0.25) is 5.91 Å². The van der Waals surface area contributed by atoms with Gasteiger partial charge in [-0.15, -0.1) is 11.8 Å². The Kier molecular flexibility index (Phi) is 12.1. The van der Waals surface area contributed by atoms with E-state index in [-0.39, 0.29) is 29.5 Å². The van der Waals surface area contributed by atoms with Crippen LogP contribution >= 0.6 is 23.4 Å². The minimum absolute atomic E-state index is 0.00602. The van der Waals surface area contributed by atoms with E-state index in [1.54, 1.807) is 75.4 Å². The van der Waals surface area contributed by atoms with E-state index in [2.05, 4.69) is 16.2 Å². The monoisotopic (exact) mass is 775 g/mol. The molecule has 5 amide bonds. The lowest BCUT2D eigenvalue weighted by atomic mass is 9.95. The van der Waals surface area contributed by atoms with Crippen LogP contribution in [-0.4, -0.2) is 71.2 Å². The first-order valence-corrected chi connectivity index (χ1v) is 17.8. The Hall–Kier alpha value is -4.96. The molecular formula is C36H37ClF3N5O7S. The molecule has 3 aromatic rings. The molecule has 2 heterocycles. The summed E-state index contributed by atoms with van der Waals surface area (Å²) in [5.74, 6) is -8.64. The first-order valence-electron chi connectivity index (χ1n) is 16.4. The maximum atomic E-state index is 15.5. The minimum Gasteiger partial charge on any atom is -0.445 e. The van der Waals surface area contributed by atoms with Crippen molar-refractivity contribution in [3.05, 3.63) is 94.3 Å². The summed E-state index contributed by atoms with van der Waals surface area (Å²) in [5, 5.41) is 3.02. The normalized spacial score (nSPS) is 18.3. The summed E-state index contributed by atoms with van der Waals surface area (Å²) in [7, 11) is 0. The van der Waals surface area contributed by atoms with Gasteiger partial charge in [-0.05, 0) is 56.2 Å². The molecule has 0 aliphatic carbocycles. The van der Waals surface area contributed by atoms with Crippen LogP contribution in [-0.2, 0) is 32.2 Å². The van der Waals surface area contributed by atoms with Crippen molar-refractivity contribution in [3.8, 4) is 0 Å². The van der Waals surface area contributed by atoms with Gasteiger partial charge in [-0.25, -0.2) is 22.8 Å². The Balaban J connectivity index is 1.31. The van der Waals surface area contributed by atoms with E-state index < -0.39 is 84.3 Å². The standard InChI is InChI=1S/C36H37ClF3N5O7S/c1-35(2,3)52-33(49)41-27-19-53-29-14-26(38)25(13-28(29)45(32(27)48)16-21-9-11-24(37)12-10-21)31(47)43-42-30(46)23-15-36(39,40)20-44(17-23)34(50)51-18-22-7-5-4-6-8-22/h4-14,23,27H,15-20H2,1-3H3,(H,41,49)(H,42,46)(H,43,47)/t23?,27-/m0/s1. The summed E-state index contributed by atoms with van der Waals surface area (Å²) in [5.41, 5.74) is 4.11. The average molecular weight is 776 g/mol. The third kappa shape index (κ3) is 10.6. The van der Waals surface area contributed by atoms with Crippen LogP contribution in [0.1, 0.15) is 48.7 Å². The lowest BCUT2D eigenvalue weighted by molar-refractivity contribution is -0.136. The summed E-state index contributed by atoms with van der Waals surface area (Å²) in [6.45, 7) is 3.40. The van der Waals surface area contributed by atoms with Gasteiger partial charge >= 0.3 is 12.2 Å². The number of benzene rings is 3. The number of hydrazine groups is 1. The molecule has 3 aromatic carbocycles. The highest BCUT2D eigenvalue weighted by molar-refractivity contribution is 7.99. The molecule has 1 saturated heterocycles. The molecule has 282 valence electrons. The molecule has 0 radical (unpaired) electrons. The van der Waals surface area contributed by atoms with Crippen molar-refractivity contribution in [2.45, 2.75) is 62.8 Å². The molecule has 0 spiro atoms. The molecule has 0 aromatic heterocycles. The smallest absolute Gasteiger partial charge is 0.410 e. The number of amides is 5. The highest BCUT2D eigenvalue weighted by Gasteiger charge is 2.45. The van der Waals surface area contributed by atoms with Crippen LogP contribution in [0.4, 0.5) is 28.4 Å². The molecule has 1 unspecified atom stereocenters. The number of halogens is 4. The topological polar surface area (TPSA) is 146 Å². The number of ether oxygens (including phenoxy) is 2. The number of nitrogens with one attached hydrogen (secondary N) is 3. The average Bonchev–Trinajstić information content (AvgIpc) is 3.20. The molecular weight excluding hydrogens is 739 g/mol. The number of carbonyl (C=O) groups is 5. The maximum Gasteiger partial charge on any atom is 0.410 e. The second kappa shape index (κ2) is 16.4. The van der Waals surface area contributed by atoms with Crippen molar-refractivity contribution in [3.63, 3.8) is 0 Å². The van der Waals surface area contributed by atoms with Crippen LogP contribution in [0.25, 0.3) is 0 Å². The van der Waals surface area contributed by atoms with Crippen LogP contribution in [0.3, 0.4) is 0 Å². The summed E-state index contributed by atoms with van der Waals surface area (Å²) >= 11 is 7.11. The van der Waals surface area contributed by atoms with E-state index in [4.69, 9.17) is 21.1 Å². The highest BCUT2D eigenvalue weighted by atomic mass is 35.5. The molecule has 2 aliphatic heterocycles. The van der Waals surface area contributed by atoms with Crippen LogP contribution in [0.15, 0.2) is 71.6 Å². The van der Waals surface area contributed by atoms with Gasteiger partial charge in [-0.3, -0.25) is 25.2 Å². The summed E-state index contributed by atoms with van der Waals surface area (Å²) < 4.78 is 55.4. The van der Waals surface area contributed by atoms with Crippen LogP contribution in [0.5, 0.6) is 0 Å². The Morgan fingerprint density at radius 2 is 1.70 bits per heavy atom. The van der Waals surface area contributed by atoms with Gasteiger partial charge in [-0.2, -0.15) is 0 Å². The number of hydrogen-bond donors (Lipinski definition) is 3. The third-order valence-corrected chi connectivity index (χ3v) is 9.43. The third-order valence-electron chi connectivity index (χ3n) is 8.04. The quantitative estimate of drug-likeness (QED) is 0.246. The summed E-state index contributed by atoms with van der Waals surface area (Å²) in [6.07, 6.45) is -2.79. The molecule has 5 rings (SSSR count). The predicted molar refractivity (Wildman–Crippen MR) is 190 cm³/mol. The first-order chi connectivity index (χ1) is 25.0.